The summed E-state index contributed by atoms with van der Waals surface area (Å²) in [6, 6.07) is 0. The summed E-state index contributed by atoms with van der Waals surface area (Å²) in [7, 11) is 0. The number of hydrogen-bond acceptors (Lipinski definition) is 2. The van der Waals surface area contributed by atoms with Crippen LogP contribution in [0, 0.1) is 5.92 Å². The van der Waals surface area contributed by atoms with Gasteiger partial charge in [0, 0.05) is 10.5 Å². The van der Waals surface area contributed by atoms with Crippen LogP contribution in [-0.2, 0) is 0 Å². The quantitative estimate of drug-likeness (QED) is 0.459. The van der Waals surface area contributed by atoms with Crippen molar-refractivity contribution in [2.75, 3.05) is 0 Å². The summed E-state index contributed by atoms with van der Waals surface area (Å²) in [6.45, 7) is 13.0. The zero-order valence-electron chi connectivity index (χ0n) is 8.43. The van der Waals surface area contributed by atoms with E-state index >= 15 is 0 Å². The summed E-state index contributed by atoms with van der Waals surface area (Å²) < 4.78 is 4.67. The summed E-state index contributed by atoms with van der Waals surface area (Å²) in [5.41, 5.74) is 1.23. The zero-order valence-corrected chi connectivity index (χ0v) is 9.25. The maximum Gasteiger partial charge on any atom is 0.0294 e. The predicted molar refractivity (Wildman–Crippen MR) is 55.3 cm³/mol. The van der Waals surface area contributed by atoms with E-state index in [1.807, 2.05) is 0 Å². The van der Waals surface area contributed by atoms with Crippen LogP contribution >= 0.6 is 11.9 Å². The molecule has 0 aliphatic carbocycles. The fraction of sp³-hybridized carbons (Fsp3) is 0.889. The molecule has 0 N–H and O–H groups in total. The highest BCUT2D eigenvalue weighted by Crippen LogP contribution is 2.24. The third-order valence-electron chi connectivity index (χ3n) is 1.30. The Morgan fingerprint density at radius 2 is 1.73 bits per heavy atom. The van der Waals surface area contributed by atoms with Gasteiger partial charge in [-0.2, -0.15) is 0 Å². The Hall–Kier alpha value is 0.0200. The van der Waals surface area contributed by atoms with Crippen LogP contribution in [0.4, 0.5) is 0 Å². The minimum atomic E-state index is 0.246. The molecule has 0 unspecified atom stereocenters. The van der Waals surface area contributed by atoms with E-state index in [-0.39, 0.29) is 4.75 Å². The van der Waals surface area contributed by atoms with Gasteiger partial charge in [-0.25, -0.2) is 4.40 Å². The number of rotatable bonds is 2. The molecule has 0 aromatic carbocycles. The molecule has 0 aromatic rings. The lowest BCUT2D eigenvalue weighted by molar-refractivity contribution is 0.803. The third kappa shape index (κ3) is 6.42. The van der Waals surface area contributed by atoms with Crippen molar-refractivity contribution in [3.05, 3.63) is 0 Å². The topological polar surface area (TPSA) is 12.4 Å². The first-order chi connectivity index (χ1) is 4.83. The van der Waals surface area contributed by atoms with Gasteiger partial charge in [0.2, 0.25) is 0 Å². The molecule has 0 aliphatic heterocycles. The van der Waals surface area contributed by atoms with E-state index in [1.165, 1.54) is 5.71 Å². The van der Waals surface area contributed by atoms with Crippen molar-refractivity contribution in [3.8, 4) is 0 Å². The molecule has 11 heavy (non-hydrogen) atoms. The monoisotopic (exact) mass is 173 g/mol. The van der Waals surface area contributed by atoms with Crippen molar-refractivity contribution < 1.29 is 0 Å². The predicted octanol–water partition coefficient (Wildman–Crippen LogP) is 3.55. The van der Waals surface area contributed by atoms with Crippen molar-refractivity contribution in [1.29, 1.82) is 0 Å². The third-order valence-corrected chi connectivity index (χ3v) is 2.23. The molecule has 0 aliphatic rings. The molecule has 0 fully saturated rings. The smallest absolute Gasteiger partial charge is 0.0294 e. The first-order valence-corrected chi connectivity index (χ1v) is 4.83. The van der Waals surface area contributed by atoms with Crippen LogP contribution in [0.5, 0.6) is 0 Å². The summed E-state index contributed by atoms with van der Waals surface area (Å²) >= 11 is 1.66. The first-order valence-electron chi connectivity index (χ1n) is 4.05. The lowest BCUT2D eigenvalue weighted by atomic mass is 10.1. The fourth-order valence-electron chi connectivity index (χ4n) is 0.314. The Bertz CT molecular complexity index is 142. The summed E-state index contributed by atoms with van der Waals surface area (Å²) in [4.78, 5) is 0. The molecule has 0 bridgehead atoms. The standard InChI is InChI=1S/C9H19NS/c1-7(2)8(3)10-11-9(4,5)6/h7H,1-6H3. The lowest BCUT2D eigenvalue weighted by Crippen LogP contribution is -2.07. The molecular weight excluding hydrogens is 154 g/mol. The van der Waals surface area contributed by atoms with Gasteiger partial charge >= 0.3 is 0 Å². The molecule has 1 nitrogen and oxygen atoms in total. The minimum Gasteiger partial charge on any atom is -0.225 e. The highest BCUT2D eigenvalue weighted by atomic mass is 32.2. The Balaban J connectivity index is 3.93. The first kappa shape index (κ1) is 11.0. The van der Waals surface area contributed by atoms with Crippen molar-refractivity contribution >= 4 is 17.7 Å². The zero-order chi connectivity index (χ0) is 9.07. The summed E-state index contributed by atoms with van der Waals surface area (Å²) in [5, 5.41) is 0. The lowest BCUT2D eigenvalue weighted by Gasteiger charge is -2.14. The molecule has 0 spiro atoms. The van der Waals surface area contributed by atoms with Gasteiger partial charge in [0.1, 0.15) is 0 Å². The molecule has 2 heteroatoms. The van der Waals surface area contributed by atoms with E-state index in [2.05, 4.69) is 45.9 Å². The molecule has 0 rings (SSSR count). The fourth-order valence-corrected chi connectivity index (χ4v) is 0.943. The highest BCUT2D eigenvalue weighted by molar-refractivity contribution is 7.99. The van der Waals surface area contributed by atoms with Gasteiger partial charge < -0.3 is 0 Å². The van der Waals surface area contributed by atoms with Crippen molar-refractivity contribution in [1.82, 2.24) is 0 Å². The maximum absolute atomic E-state index is 4.43. The Labute approximate surface area is 74.8 Å². The number of nitrogens with zero attached hydrogens (tertiary/aromatic N) is 1. The van der Waals surface area contributed by atoms with E-state index in [0.717, 1.165) is 0 Å². The minimum absolute atomic E-state index is 0.246. The molecule has 0 aromatic heterocycles. The summed E-state index contributed by atoms with van der Waals surface area (Å²) in [6.07, 6.45) is 0. The molecule has 0 atom stereocenters. The maximum atomic E-state index is 4.43. The Morgan fingerprint density at radius 1 is 1.27 bits per heavy atom. The van der Waals surface area contributed by atoms with Gasteiger partial charge in [-0.3, -0.25) is 0 Å². The van der Waals surface area contributed by atoms with Gasteiger partial charge in [0.15, 0.2) is 0 Å². The van der Waals surface area contributed by atoms with Crippen LogP contribution in [0.1, 0.15) is 41.5 Å². The molecule has 0 radical (unpaired) electrons. The van der Waals surface area contributed by atoms with Crippen LogP contribution < -0.4 is 0 Å². The van der Waals surface area contributed by atoms with Crippen LogP contribution in [0.3, 0.4) is 0 Å². The molecule has 0 amide bonds. The van der Waals surface area contributed by atoms with Crippen molar-refractivity contribution in [3.63, 3.8) is 0 Å². The van der Waals surface area contributed by atoms with Gasteiger partial charge in [-0.1, -0.05) is 13.8 Å². The average Bonchev–Trinajstić information content (AvgIpc) is 1.80. The van der Waals surface area contributed by atoms with Gasteiger partial charge in [0.25, 0.3) is 0 Å². The van der Waals surface area contributed by atoms with E-state index in [9.17, 15) is 0 Å². The van der Waals surface area contributed by atoms with Crippen LogP contribution in [-0.4, -0.2) is 10.5 Å². The molecule has 0 saturated carbocycles. The van der Waals surface area contributed by atoms with E-state index < -0.39 is 0 Å². The number of hydrogen-bond donors (Lipinski definition) is 0. The molecular formula is C9H19NS. The average molecular weight is 173 g/mol. The van der Waals surface area contributed by atoms with Crippen molar-refractivity contribution in [2.24, 2.45) is 10.3 Å². The molecule has 0 heterocycles. The van der Waals surface area contributed by atoms with E-state index in [0.29, 0.717) is 5.92 Å². The molecule has 0 saturated heterocycles. The van der Waals surface area contributed by atoms with E-state index in [1.54, 1.807) is 11.9 Å². The second-order valence-corrected chi connectivity index (χ2v) is 5.68. The largest absolute Gasteiger partial charge is 0.225 e. The van der Waals surface area contributed by atoms with Crippen LogP contribution in [0.25, 0.3) is 0 Å². The van der Waals surface area contributed by atoms with Crippen LogP contribution in [0.2, 0.25) is 0 Å². The van der Waals surface area contributed by atoms with Gasteiger partial charge in [0.05, 0.1) is 0 Å². The van der Waals surface area contributed by atoms with E-state index in [4.69, 9.17) is 0 Å². The van der Waals surface area contributed by atoms with Crippen LogP contribution in [0.15, 0.2) is 4.40 Å². The van der Waals surface area contributed by atoms with Gasteiger partial charge in [-0.15, -0.1) is 0 Å². The van der Waals surface area contributed by atoms with Crippen molar-refractivity contribution in [2.45, 2.75) is 46.3 Å². The summed E-state index contributed by atoms with van der Waals surface area (Å²) in [5.74, 6) is 0.574. The Kier molecular flexibility index (Phi) is 4.16. The molecule has 66 valence electrons. The van der Waals surface area contributed by atoms with Gasteiger partial charge in [-0.05, 0) is 45.6 Å². The second-order valence-electron chi connectivity index (χ2n) is 4.09. The Morgan fingerprint density at radius 3 is 2.00 bits per heavy atom. The second kappa shape index (κ2) is 4.15. The SMILES string of the molecule is CC(=NSC(C)(C)C)C(C)C. The normalized spacial score (nSPS) is 14.3. The highest BCUT2D eigenvalue weighted by Gasteiger charge is 2.10.